The van der Waals surface area contributed by atoms with Gasteiger partial charge in [-0.25, -0.2) is 9.69 Å². The van der Waals surface area contributed by atoms with Crippen LogP contribution in [0.5, 0.6) is 17.2 Å². The molecule has 8 nitrogen and oxygen atoms in total. The molecular weight excluding hydrogens is 498 g/mol. The Labute approximate surface area is 221 Å². The molecule has 2 amide bonds. The Kier molecular flexibility index (Phi) is 5.77. The first-order valence-electron chi connectivity index (χ1n) is 12.0. The average Bonchev–Trinajstić information content (AvgIpc) is 3.20. The highest BCUT2D eigenvalue weighted by Crippen LogP contribution is 2.29. The van der Waals surface area contributed by atoms with Gasteiger partial charge in [0.05, 0.1) is 27.8 Å². The van der Waals surface area contributed by atoms with Gasteiger partial charge in [0.25, 0.3) is 11.8 Å². The molecule has 0 saturated carbocycles. The molecule has 0 radical (unpaired) electrons. The average molecular weight is 517 g/mol. The van der Waals surface area contributed by atoms with Gasteiger partial charge in [-0.3, -0.25) is 14.4 Å². The largest absolute Gasteiger partial charge is 0.460 e. The number of esters is 1. The molecule has 0 bridgehead atoms. The van der Waals surface area contributed by atoms with Crippen molar-refractivity contribution < 1.29 is 28.3 Å². The molecule has 1 aliphatic rings. The quantitative estimate of drug-likeness (QED) is 0.162. The molecule has 8 heteroatoms. The minimum absolute atomic E-state index is 0.0380. The Bertz CT molecular complexity index is 1820. The second kappa shape index (κ2) is 9.42. The number of carbonyl (C=O) groups excluding carboxylic acids is 3. The summed E-state index contributed by atoms with van der Waals surface area (Å²) in [6.45, 7) is 1.92. The van der Waals surface area contributed by atoms with Crippen molar-refractivity contribution in [2.24, 2.45) is 0 Å². The molecule has 1 aliphatic heterocycles. The topological polar surface area (TPSA) is 103 Å². The summed E-state index contributed by atoms with van der Waals surface area (Å²) in [5.74, 6) is -0.776. The van der Waals surface area contributed by atoms with Gasteiger partial charge in [-0.15, -0.1) is 0 Å². The van der Waals surface area contributed by atoms with Gasteiger partial charge in [0.1, 0.15) is 23.3 Å². The summed E-state index contributed by atoms with van der Waals surface area (Å²) < 4.78 is 16.7. The first kappa shape index (κ1) is 23.9. The van der Waals surface area contributed by atoms with Crippen molar-refractivity contribution in [3.8, 4) is 17.2 Å². The summed E-state index contributed by atoms with van der Waals surface area (Å²) in [7, 11) is 0. The van der Waals surface area contributed by atoms with Gasteiger partial charge in [-0.1, -0.05) is 24.3 Å². The van der Waals surface area contributed by atoms with Crippen LogP contribution in [0.1, 0.15) is 36.6 Å². The number of rotatable bonds is 5. The van der Waals surface area contributed by atoms with Crippen molar-refractivity contribution in [1.82, 2.24) is 0 Å². The molecular formula is C31H19NO7. The number of amides is 2. The fraction of sp³-hybridized carbons (Fsp3) is 0.0323. The van der Waals surface area contributed by atoms with Gasteiger partial charge in [0.2, 0.25) is 11.2 Å². The molecule has 0 unspecified atom stereocenters. The van der Waals surface area contributed by atoms with Crippen molar-refractivity contribution >= 4 is 34.4 Å². The molecule has 0 aliphatic carbocycles. The maximum absolute atomic E-state index is 12.9. The van der Waals surface area contributed by atoms with Crippen LogP contribution in [0, 0.1) is 6.92 Å². The van der Waals surface area contributed by atoms with E-state index in [1.165, 1.54) is 48.7 Å². The Morgan fingerprint density at radius 2 is 1.49 bits per heavy atom. The smallest absolute Gasteiger partial charge is 0.343 e. The van der Waals surface area contributed by atoms with E-state index in [9.17, 15) is 19.2 Å². The minimum atomic E-state index is -0.662. The third kappa shape index (κ3) is 4.34. The predicted octanol–water partition coefficient (Wildman–Crippen LogP) is 5.91. The lowest BCUT2D eigenvalue weighted by Gasteiger charge is -2.14. The van der Waals surface area contributed by atoms with Gasteiger partial charge in [0, 0.05) is 6.07 Å². The number of benzene rings is 4. The number of carbonyl (C=O) groups is 3. The van der Waals surface area contributed by atoms with E-state index >= 15 is 0 Å². The second-order valence-corrected chi connectivity index (χ2v) is 8.93. The lowest BCUT2D eigenvalue weighted by atomic mass is 10.1. The van der Waals surface area contributed by atoms with Crippen LogP contribution >= 0.6 is 0 Å². The van der Waals surface area contributed by atoms with Crippen molar-refractivity contribution in [1.29, 1.82) is 0 Å². The summed E-state index contributed by atoms with van der Waals surface area (Å²) >= 11 is 0. The predicted molar refractivity (Wildman–Crippen MR) is 143 cm³/mol. The second-order valence-electron chi connectivity index (χ2n) is 8.93. The number of ether oxygens (including phenoxy) is 2. The van der Waals surface area contributed by atoms with Crippen LogP contribution < -0.4 is 19.8 Å². The number of fused-ring (bicyclic) bond motifs is 2. The molecule has 5 aromatic rings. The molecule has 39 heavy (non-hydrogen) atoms. The van der Waals surface area contributed by atoms with Crippen LogP contribution in [0.4, 0.5) is 5.69 Å². The van der Waals surface area contributed by atoms with E-state index in [0.717, 1.165) is 10.5 Å². The van der Waals surface area contributed by atoms with Crippen LogP contribution in [0.25, 0.3) is 11.0 Å². The maximum Gasteiger partial charge on any atom is 0.343 e. The van der Waals surface area contributed by atoms with E-state index in [2.05, 4.69) is 0 Å². The van der Waals surface area contributed by atoms with Gasteiger partial charge in [-0.2, -0.15) is 0 Å². The van der Waals surface area contributed by atoms with Gasteiger partial charge >= 0.3 is 5.97 Å². The SMILES string of the molecule is Cc1cccc(Oc2coc3cc(OC(=O)c4ccc(N5C(=O)c6ccccc6C5=O)cc4)ccc3c2=O)c1. The van der Waals surface area contributed by atoms with Crippen LogP contribution in [0.15, 0.2) is 106 Å². The van der Waals surface area contributed by atoms with E-state index in [-0.39, 0.29) is 33.5 Å². The molecule has 6 rings (SSSR count). The molecule has 1 aromatic heterocycles. The summed E-state index contributed by atoms with van der Waals surface area (Å²) in [5, 5.41) is 0.269. The fourth-order valence-electron chi connectivity index (χ4n) is 4.37. The maximum atomic E-state index is 12.9. The first-order valence-corrected chi connectivity index (χ1v) is 12.0. The van der Waals surface area contributed by atoms with E-state index in [1.807, 2.05) is 19.1 Å². The van der Waals surface area contributed by atoms with E-state index < -0.39 is 17.8 Å². The van der Waals surface area contributed by atoms with Gasteiger partial charge < -0.3 is 13.9 Å². The van der Waals surface area contributed by atoms with Crippen LogP contribution in [0.2, 0.25) is 0 Å². The number of hydrogen-bond donors (Lipinski definition) is 0. The third-order valence-corrected chi connectivity index (χ3v) is 6.30. The minimum Gasteiger partial charge on any atom is -0.460 e. The molecule has 2 heterocycles. The lowest BCUT2D eigenvalue weighted by Crippen LogP contribution is -2.29. The standard InChI is InChI=1S/C31H19NO7/c1-18-5-4-6-21(15-18)38-27-17-37-26-16-22(13-14-25(26)28(27)33)39-31(36)19-9-11-20(12-10-19)32-29(34)23-7-2-3-8-24(23)30(32)35/h2-17H,1H3. The Morgan fingerprint density at radius 3 is 2.18 bits per heavy atom. The summed E-state index contributed by atoms with van der Waals surface area (Å²) in [6.07, 6.45) is 1.22. The van der Waals surface area contributed by atoms with Crippen LogP contribution in [0.3, 0.4) is 0 Å². The van der Waals surface area contributed by atoms with E-state index in [4.69, 9.17) is 13.9 Å². The Morgan fingerprint density at radius 1 is 0.769 bits per heavy atom. The molecule has 4 aromatic carbocycles. The zero-order chi connectivity index (χ0) is 27.1. The first-order chi connectivity index (χ1) is 18.9. The Hall–Kier alpha value is -5.50. The third-order valence-electron chi connectivity index (χ3n) is 6.30. The highest BCUT2D eigenvalue weighted by molar-refractivity contribution is 6.34. The summed E-state index contributed by atoms with van der Waals surface area (Å²) in [4.78, 5) is 52.1. The van der Waals surface area contributed by atoms with Crippen LogP contribution in [-0.2, 0) is 0 Å². The summed E-state index contributed by atoms with van der Waals surface area (Å²) in [5.41, 5.74) is 2.07. The molecule has 0 fully saturated rings. The van der Waals surface area contributed by atoms with E-state index in [1.54, 1.807) is 36.4 Å². The number of anilines is 1. The van der Waals surface area contributed by atoms with Gasteiger partial charge in [0.15, 0.2) is 0 Å². The lowest BCUT2D eigenvalue weighted by molar-refractivity contribution is 0.0734. The molecule has 0 N–H and O–H groups in total. The molecule has 0 atom stereocenters. The van der Waals surface area contributed by atoms with Crippen molar-refractivity contribution in [3.63, 3.8) is 0 Å². The normalized spacial score (nSPS) is 12.5. The van der Waals surface area contributed by atoms with Crippen molar-refractivity contribution in [3.05, 3.63) is 130 Å². The summed E-state index contributed by atoms with van der Waals surface area (Å²) in [6, 6.07) is 24.3. The number of aryl methyl sites for hydroxylation is 1. The Balaban J connectivity index is 1.18. The van der Waals surface area contributed by atoms with Crippen LogP contribution in [-0.4, -0.2) is 17.8 Å². The highest BCUT2D eigenvalue weighted by atomic mass is 16.5. The number of hydrogen-bond acceptors (Lipinski definition) is 7. The zero-order valence-corrected chi connectivity index (χ0v) is 20.5. The number of imide groups is 1. The highest BCUT2D eigenvalue weighted by Gasteiger charge is 2.36. The fourth-order valence-corrected chi connectivity index (χ4v) is 4.37. The van der Waals surface area contributed by atoms with Gasteiger partial charge in [-0.05, 0) is 73.2 Å². The molecule has 190 valence electrons. The molecule has 0 saturated heterocycles. The zero-order valence-electron chi connectivity index (χ0n) is 20.5. The van der Waals surface area contributed by atoms with Crippen molar-refractivity contribution in [2.45, 2.75) is 6.92 Å². The van der Waals surface area contributed by atoms with E-state index in [0.29, 0.717) is 22.6 Å². The monoisotopic (exact) mass is 517 g/mol. The molecule has 0 spiro atoms. The van der Waals surface area contributed by atoms with Crippen molar-refractivity contribution in [2.75, 3.05) is 4.90 Å². The number of nitrogens with zero attached hydrogens (tertiary/aromatic N) is 1.